The third-order valence-corrected chi connectivity index (χ3v) is 3.45. The molecule has 0 aromatic carbocycles. The summed E-state index contributed by atoms with van der Waals surface area (Å²) < 4.78 is 0. The smallest absolute Gasteiger partial charge is 0.236 e. The molecule has 0 aromatic heterocycles. The third kappa shape index (κ3) is 4.65. The van der Waals surface area contributed by atoms with Crippen molar-refractivity contribution in [2.45, 2.75) is 58.3 Å². The van der Waals surface area contributed by atoms with Gasteiger partial charge in [-0.05, 0) is 18.8 Å². The summed E-state index contributed by atoms with van der Waals surface area (Å²) in [4.78, 5) is 11.5. The standard InChI is InChI=1S/C12H24N2O/c1-10-7-5-3-2-4-6-8-11(9-10)12(15)14-13/h10-11H,2-9,13H2,1H3,(H,14,15). The molecule has 3 nitrogen and oxygen atoms in total. The van der Waals surface area contributed by atoms with Crippen molar-refractivity contribution in [1.29, 1.82) is 0 Å². The summed E-state index contributed by atoms with van der Waals surface area (Å²) in [7, 11) is 0. The first kappa shape index (κ1) is 12.5. The van der Waals surface area contributed by atoms with Crippen LogP contribution in [0.15, 0.2) is 0 Å². The molecule has 0 aliphatic heterocycles. The molecule has 0 bridgehead atoms. The highest BCUT2D eigenvalue weighted by Crippen LogP contribution is 2.25. The summed E-state index contributed by atoms with van der Waals surface area (Å²) >= 11 is 0. The fraction of sp³-hybridized carbons (Fsp3) is 0.917. The molecule has 1 fully saturated rings. The van der Waals surface area contributed by atoms with Crippen molar-refractivity contribution < 1.29 is 4.79 Å². The minimum Gasteiger partial charge on any atom is -0.294 e. The molecule has 0 heterocycles. The first-order valence-corrected chi connectivity index (χ1v) is 6.24. The molecule has 0 radical (unpaired) electrons. The Labute approximate surface area is 92.8 Å². The van der Waals surface area contributed by atoms with Gasteiger partial charge < -0.3 is 0 Å². The van der Waals surface area contributed by atoms with Crippen LogP contribution < -0.4 is 11.3 Å². The molecule has 1 saturated carbocycles. The molecular weight excluding hydrogens is 188 g/mol. The average molecular weight is 212 g/mol. The summed E-state index contributed by atoms with van der Waals surface area (Å²) in [5, 5.41) is 0. The minimum atomic E-state index is 0.0300. The molecule has 3 heteroatoms. The normalized spacial score (nSPS) is 29.5. The van der Waals surface area contributed by atoms with Crippen LogP contribution in [0.3, 0.4) is 0 Å². The third-order valence-electron chi connectivity index (χ3n) is 3.45. The highest BCUT2D eigenvalue weighted by Gasteiger charge is 2.20. The van der Waals surface area contributed by atoms with Gasteiger partial charge in [0, 0.05) is 5.92 Å². The van der Waals surface area contributed by atoms with Gasteiger partial charge in [0.2, 0.25) is 5.91 Å². The van der Waals surface area contributed by atoms with Crippen LogP contribution in [0.5, 0.6) is 0 Å². The maximum atomic E-state index is 11.5. The SMILES string of the molecule is CC1CCCCCCCC(C(=O)NN)C1. The number of hydrogen-bond acceptors (Lipinski definition) is 2. The van der Waals surface area contributed by atoms with E-state index in [0.717, 1.165) is 12.8 Å². The molecule has 1 rings (SSSR count). The van der Waals surface area contributed by atoms with Crippen LogP contribution in [0.2, 0.25) is 0 Å². The molecule has 15 heavy (non-hydrogen) atoms. The lowest BCUT2D eigenvalue weighted by molar-refractivity contribution is -0.125. The lowest BCUT2D eigenvalue weighted by Gasteiger charge is -2.21. The number of nitrogens with two attached hydrogens (primary N) is 1. The molecule has 3 N–H and O–H groups in total. The van der Waals surface area contributed by atoms with Crippen LogP contribution >= 0.6 is 0 Å². The zero-order chi connectivity index (χ0) is 11.1. The molecule has 0 spiro atoms. The van der Waals surface area contributed by atoms with Gasteiger partial charge in [0.05, 0.1) is 0 Å². The topological polar surface area (TPSA) is 55.1 Å². The Morgan fingerprint density at radius 2 is 1.73 bits per heavy atom. The van der Waals surface area contributed by atoms with Gasteiger partial charge in [-0.25, -0.2) is 5.84 Å². The number of carbonyl (C=O) groups excluding carboxylic acids is 1. The van der Waals surface area contributed by atoms with E-state index < -0.39 is 0 Å². The van der Waals surface area contributed by atoms with E-state index >= 15 is 0 Å². The van der Waals surface area contributed by atoms with Gasteiger partial charge in [-0.2, -0.15) is 0 Å². The number of carbonyl (C=O) groups is 1. The van der Waals surface area contributed by atoms with Crippen molar-refractivity contribution in [3.05, 3.63) is 0 Å². The maximum absolute atomic E-state index is 11.5. The van der Waals surface area contributed by atoms with E-state index in [1.807, 2.05) is 0 Å². The lowest BCUT2D eigenvalue weighted by atomic mass is 9.86. The van der Waals surface area contributed by atoms with E-state index in [-0.39, 0.29) is 11.8 Å². The van der Waals surface area contributed by atoms with Crippen molar-refractivity contribution in [2.75, 3.05) is 0 Å². The van der Waals surface area contributed by atoms with Gasteiger partial charge in [0.1, 0.15) is 0 Å². The second-order valence-corrected chi connectivity index (χ2v) is 4.89. The van der Waals surface area contributed by atoms with Crippen LogP contribution in [-0.4, -0.2) is 5.91 Å². The molecule has 1 aliphatic carbocycles. The van der Waals surface area contributed by atoms with Gasteiger partial charge in [-0.3, -0.25) is 10.2 Å². The Hall–Kier alpha value is -0.570. The zero-order valence-electron chi connectivity index (χ0n) is 9.80. The van der Waals surface area contributed by atoms with Gasteiger partial charge >= 0.3 is 0 Å². The predicted octanol–water partition coefficient (Wildman–Crippen LogP) is 2.36. The quantitative estimate of drug-likeness (QED) is 0.398. The Morgan fingerprint density at radius 1 is 1.13 bits per heavy atom. The molecule has 2 atom stereocenters. The largest absolute Gasteiger partial charge is 0.294 e. The van der Waals surface area contributed by atoms with Crippen LogP contribution in [0, 0.1) is 11.8 Å². The molecule has 0 saturated heterocycles. The molecule has 0 aromatic rings. The Morgan fingerprint density at radius 3 is 2.40 bits per heavy atom. The van der Waals surface area contributed by atoms with E-state index in [4.69, 9.17) is 5.84 Å². The first-order valence-electron chi connectivity index (χ1n) is 6.24. The second kappa shape index (κ2) is 6.83. The number of rotatable bonds is 1. The first-order chi connectivity index (χ1) is 7.24. The van der Waals surface area contributed by atoms with E-state index in [0.29, 0.717) is 5.92 Å². The number of amides is 1. The van der Waals surface area contributed by atoms with Crippen molar-refractivity contribution in [3.63, 3.8) is 0 Å². The van der Waals surface area contributed by atoms with E-state index in [1.165, 1.54) is 38.5 Å². The molecule has 88 valence electrons. The van der Waals surface area contributed by atoms with Crippen LogP contribution in [0.1, 0.15) is 58.3 Å². The fourth-order valence-corrected chi connectivity index (χ4v) is 2.49. The van der Waals surface area contributed by atoms with Gasteiger partial charge in [-0.1, -0.05) is 45.4 Å². The summed E-state index contributed by atoms with van der Waals surface area (Å²) in [6, 6.07) is 0. The predicted molar refractivity (Wildman–Crippen MR) is 61.9 cm³/mol. The monoisotopic (exact) mass is 212 g/mol. The summed E-state index contributed by atoms with van der Waals surface area (Å²) in [6.45, 7) is 2.25. The van der Waals surface area contributed by atoms with Crippen molar-refractivity contribution in [1.82, 2.24) is 5.43 Å². The van der Waals surface area contributed by atoms with E-state index in [2.05, 4.69) is 12.3 Å². The van der Waals surface area contributed by atoms with Crippen molar-refractivity contribution >= 4 is 5.91 Å². The van der Waals surface area contributed by atoms with Crippen LogP contribution in [0.25, 0.3) is 0 Å². The van der Waals surface area contributed by atoms with Crippen molar-refractivity contribution in [3.8, 4) is 0 Å². The lowest BCUT2D eigenvalue weighted by Crippen LogP contribution is -2.36. The van der Waals surface area contributed by atoms with Crippen LogP contribution in [-0.2, 0) is 4.79 Å². The van der Waals surface area contributed by atoms with E-state index in [1.54, 1.807) is 0 Å². The average Bonchev–Trinajstić information content (AvgIpc) is 2.25. The highest BCUT2D eigenvalue weighted by molar-refractivity contribution is 5.77. The summed E-state index contributed by atoms with van der Waals surface area (Å²) in [5.41, 5.74) is 2.30. The van der Waals surface area contributed by atoms with Gasteiger partial charge in [0.15, 0.2) is 0 Å². The molecule has 1 amide bonds. The highest BCUT2D eigenvalue weighted by atomic mass is 16.2. The molecule has 1 aliphatic rings. The number of hydrazine groups is 1. The number of nitrogens with one attached hydrogen (secondary N) is 1. The van der Waals surface area contributed by atoms with Gasteiger partial charge in [0.25, 0.3) is 0 Å². The Bertz CT molecular complexity index is 194. The number of hydrogen-bond donors (Lipinski definition) is 2. The summed E-state index contributed by atoms with van der Waals surface area (Å²) in [6.07, 6.45) is 9.71. The van der Waals surface area contributed by atoms with E-state index in [9.17, 15) is 4.79 Å². The maximum Gasteiger partial charge on any atom is 0.236 e. The second-order valence-electron chi connectivity index (χ2n) is 4.89. The minimum absolute atomic E-state index is 0.0300. The molecule has 2 unspecified atom stereocenters. The summed E-state index contributed by atoms with van der Waals surface area (Å²) in [5.74, 6) is 6.04. The van der Waals surface area contributed by atoms with Crippen molar-refractivity contribution in [2.24, 2.45) is 17.7 Å². The van der Waals surface area contributed by atoms with Gasteiger partial charge in [-0.15, -0.1) is 0 Å². The molecular formula is C12H24N2O. The Kier molecular flexibility index (Phi) is 5.69. The Balaban J connectivity index is 2.46. The fourth-order valence-electron chi connectivity index (χ4n) is 2.49. The zero-order valence-corrected chi connectivity index (χ0v) is 9.80. The van der Waals surface area contributed by atoms with Crippen LogP contribution in [0.4, 0.5) is 0 Å².